The van der Waals surface area contributed by atoms with Crippen LogP contribution in [0.3, 0.4) is 0 Å². The van der Waals surface area contributed by atoms with Crippen LogP contribution in [0.1, 0.15) is 16.7 Å². The van der Waals surface area contributed by atoms with Gasteiger partial charge in [-0.3, -0.25) is 0 Å². The van der Waals surface area contributed by atoms with Gasteiger partial charge >= 0.3 is 6.18 Å². The molecule has 17 heavy (non-hydrogen) atoms. The Morgan fingerprint density at radius 1 is 1.35 bits per heavy atom. The molecule has 0 aromatic heterocycles. The van der Waals surface area contributed by atoms with E-state index in [1.165, 1.54) is 19.1 Å². The van der Waals surface area contributed by atoms with Crippen LogP contribution in [0.2, 0.25) is 0 Å². The molecule has 0 amide bonds. The van der Waals surface area contributed by atoms with Crippen LogP contribution in [0.5, 0.6) is 0 Å². The van der Waals surface area contributed by atoms with Crippen molar-refractivity contribution in [2.24, 2.45) is 0 Å². The first-order chi connectivity index (χ1) is 7.97. The highest BCUT2D eigenvalue weighted by Crippen LogP contribution is 2.32. The van der Waals surface area contributed by atoms with Crippen molar-refractivity contribution in [3.8, 4) is 0 Å². The Bertz CT molecular complexity index is 399. The van der Waals surface area contributed by atoms with Gasteiger partial charge < -0.3 is 10.1 Å². The molecule has 1 aromatic carbocycles. The summed E-state index contributed by atoms with van der Waals surface area (Å²) in [4.78, 5) is 0. The van der Waals surface area contributed by atoms with Gasteiger partial charge in [-0.15, -0.1) is 0 Å². The third-order valence-electron chi connectivity index (χ3n) is 2.84. The van der Waals surface area contributed by atoms with Crippen molar-refractivity contribution in [3.05, 3.63) is 34.9 Å². The van der Waals surface area contributed by atoms with Crippen LogP contribution in [-0.2, 0) is 17.5 Å². The Labute approximate surface area is 97.8 Å². The summed E-state index contributed by atoms with van der Waals surface area (Å²) in [5.41, 5.74) is 0.228. The standard InChI is InChI=1S/C12H14F3NO/c1-8-2-3-9(4-11(8)12(13,14)15)7-17-10-5-16-6-10/h2-4,10,16H,5-7H2,1H3. The van der Waals surface area contributed by atoms with Crippen molar-refractivity contribution in [3.63, 3.8) is 0 Å². The quantitative estimate of drug-likeness (QED) is 0.883. The molecule has 0 aliphatic carbocycles. The smallest absolute Gasteiger partial charge is 0.371 e. The highest BCUT2D eigenvalue weighted by molar-refractivity contribution is 5.33. The van der Waals surface area contributed by atoms with Gasteiger partial charge in [-0.1, -0.05) is 12.1 Å². The van der Waals surface area contributed by atoms with Gasteiger partial charge in [-0.2, -0.15) is 13.2 Å². The van der Waals surface area contributed by atoms with Crippen LogP contribution in [0.15, 0.2) is 18.2 Å². The Morgan fingerprint density at radius 2 is 2.06 bits per heavy atom. The zero-order valence-corrected chi connectivity index (χ0v) is 9.47. The van der Waals surface area contributed by atoms with Gasteiger partial charge in [-0.05, 0) is 24.1 Å². The van der Waals surface area contributed by atoms with Crippen LogP contribution >= 0.6 is 0 Å². The second kappa shape index (κ2) is 4.66. The molecule has 0 bridgehead atoms. The van der Waals surface area contributed by atoms with Gasteiger partial charge in [0.05, 0.1) is 18.3 Å². The lowest BCUT2D eigenvalue weighted by molar-refractivity contribution is -0.138. The number of nitrogens with one attached hydrogen (secondary N) is 1. The summed E-state index contributed by atoms with van der Waals surface area (Å²) in [6, 6.07) is 4.33. The van der Waals surface area contributed by atoms with E-state index in [1.54, 1.807) is 6.07 Å². The maximum absolute atomic E-state index is 12.7. The number of hydrogen-bond donors (Lipinski definition) is 1. The second-order valence-electron chi connectivity index (χ2n) is 4.24. The van der Waals surface area contributed by atoms with Crippen molar-refractivity contribution < 1.29 is 17.9 Å². The minimum absolute atomic E-state index is 0.130. The van der Waals surface area contributed by atoms with E-state index in [-0.39, 0.29) is 18.3 Å². The Morgan fingerprint density at radius 3 is 2.59 bits per heavy atom. The van der Waals surface area contributed by atoms with E-state index in [9.17, 15) is 13.2 Å². The summed E-state index contributed by atoms with van der Waals surface area (Å²) in [6.07, 6.45) is -4.16. The minimum atomic E-state index is -4.29. The average Bonchev–Trinajstić information content (AvgIpc) is 2.16. The van der Waals surface area contributed by atoms with E-state index in [0.717, 1.165) is 13.1 Å². The Hall–Kier alpha value is -1.07. The van der Waals surface area contributed by atoms with E-state index in [1.807, 2.05) is 0 Å². The molecule has 5 heteroatoms. The highest BCUT2D eigenvalue weighted by Gasteiger charge is 2.32. The van der Waals surface area contributed by atoms with E-state index < -0.39 is 11.7 Å². The van der Waals surface area contributed by atoms with Crippen molar-refractivity contribution >= 4 is 0 Å². The van der Waals surface area contributed by atoms with Crippen LogP contribution < -0.4 is 5.32 Å². The molecule has 0 atom stereocenters. The largest absolute Gasteiger partial charge is 0.416 e. The third kappa shape index (κ3) is 2.98. The molecule has 2 rings (SSSR count). The molecule has 1 N–H and O–H groups in total. The van der Waals surface area contributed by atoms with E-state index in [0.29, 0.717) is 5.56 Å². The van der Waals surface area contributed by atoms with Crippen LogP contribution in [0.4, 0.5) is 13.2 Å². The minimum Gasteiger partial charge on any atom is -0.371 e. The maximum Gasteiger partial charge on any atom is 0.416 e. The van der Waals surface area contributed by atoms with Gasteiger partial charge in [0.15, 0.2) is 0 Å². The molecule has 1 fully saturated rings. The van der Waals surface area contributed by atoms with E-state index >= 15 is 0 Å². The zero-order valence-electron chi connectivity index (χ0n) is 9.47. The number of ether oxygens (including phenoxy) is 1. The van der Waals surface area contributed by atoms with Gasteiger partial charge in [0.2, 0.25) is 0 Å². The summed E-state index contributed by atoms with van der Waals surface area (Å²) in [6.45, 7) is 3.25. The summed E-state index contributed by atoms with van der Waals surface area (Å²) in [5.74, 6) is 0. The molecule has 0 saturated carbocycles. The normalized spacial score (nSPS) is 16.9. The molecule has 1 aliphatic rings. The van der Waals surface area contributed by atoms with Crippen molar-refractivity contribution in [2.75, 3.05) is 13.1 Å². The molecule has 1 aromatic rings. The SMILES string of the molecule is Cc1ccc(COC2CNC2)cc1C(F)(F)F. The lowest BCUT2D eigenvalue weighted by Crippen LogP contribution is -2.48. The summed E-state index contributed by atoms with van der Waals surface area (Å²) >= 11 is 0. The topological polar surface area (TPSA) is 21.3 Å². The number of halogens is 3. The first kappa shape index (κ1) is 12.4. The van der Waals surface area contributed by atoms with Gasteiger partial charge in [0.1, 0.15) is 0 Å². The fraction of sp³-hybridized carbons (Fsp3) is 0.500. The summed E-state index contributed by atoms with van der Waals surface area (Å²) < 4.78 is 43.4. The first-order valence-corrected chi connectivity index (χ1v) is 5.46. The maximum atomic E-state index is 12.7. The molecule has 0 spiro atoms. The highest BCUT2D eigenvalue weighted by atomic mass is 19.4. The number of hydrogen-bond acceptors (Lipinski definition) is 2. The molecular formula is C12H14F3NO. The van der Waals surface area contributed by atoms with Gasteiger partial charge in [0.25, 0.3) is 0 Å². The first-order valence-electron chi connectivity index (χ1n) is 5.46. The predicted molar refractivity (Wildman–Crippen MR) is 57.6 cm³/mol. The fourth-order valence-corrected chi connectivity index (χ4v) is 1.66. The lowest BCUT2D eigenvalue weighted by Gasteiger charge is -2.27. The van der Waals surface area contributed by atoms with E-state index in [2.05, 4.69) is 5.32 Å². The third-order valence-corrected chi connectivity index (χ3v) is 2.84. The molecule has 0 unspecified atom stereocenters. The zero-order chi connectivity index (χ0) is 12.5. The number of benzene rings is 1. The number of aryl methyl sites for hydroxylation is 1. The molecule has 1 heterocycles. The molecule has 1 aliphatic heterocycles. The van der Waals surface area contributed by atoms with Crippen molar-refractivity contribution in [2.45, 2.75) is 25.8 Å². The molecule has 94 valence electrons. The summed E-state index contributed by atoms with van der Waals surface area (Å²) in [5, 5.41) is 3.04. The monoisotopic (exact) mass is 245 g/mol. The molecule has 1 saturated heterocycles. The van der Waals surface area contributed by atoms with Crippen molar-refractivity contribution in [1.82, 2.24) is 5.32 Å². The fourth-order valence-electron chi connectivity index (χ4n) is 1.66. The lowest BCUT2D eigenvalue weighted by atomic mass is 10.0. The molecule has 2 nitrogen and oxygen atoms in total. The second-order valence-corrected chi connectivity index (χ2v) is 4.24. The van der Waals surface area contributed by atoms with Crippen molar-refractivity contribution in [1.29, 1.82) is 0 Å². The van der Waals surface area contributed by atoms with Crippen LogP contribution in [0.25, 0.3) is 0 Å². The molecular weight excluding hydrogens is 231 g/mol. The average molecular weight is 245 g/mol. The Kier molecular flexibility index (Phi) is 3.40. The Balaban J connectivity index is 2.07. The van der Waals surface area contributed by atoms with Gasteiger partial charge in [0, 0.05) is 13.1 Å². The van der Waals surface area contributed by atoms with Gasteiger partial charge in [-0.25, -0.2) is 0 Å². The van der Waals surface area contributed by atoms with Crippen LogP contribution in [-0.4, -0.2) is 19.2 Å². The number of alkyl halides is 3. The number of rotatable bonds is 3. The predicted octanol–water partition coefficient (Wildman–Crippen LogP) is 2.50. The van der Waals surface area contributed by atoms with E-state index in [4.69, 9.17) is 4.74 Å². The summed E-state index contributed by atoms with van der Waals surface area (Å²) in [7, 11) is 0. The molecule has 0 radical (unpaired) electrons. The van der Waals surface area contributed by atoms with Crippen LogP contribution in [0, 0.1) is 6.92 Å².